The van der Waals surface area contributed by atoms with E-state index in [0.717, 1.165) is 11.6 Å². The second kappa shape index (κ2) is 5.36. The van der Waals surface area contributed by atoms with E-state index in [1.54, 1.807) is 0 Å². The fourth-order valence-corrected chi connectivity index (χ4v) is 2.01. The maximum atomic E-state index is 13.2. The first-order valence-electron chi connectivity index (χ1n) is 5.87. The maximum Gasteiger partial charge on any atom is 0.126 e. The van der Waals surface area contributed by atoms with Crippen molar-refractivity contribution in [1.29, 1.82) is 0 Å². The van der Waals surface area contributed by atoms with Crippen LogP contribution >= 0.6 is 0 Å². The molecule has 0 aromatic heterocycles. The molecule has 0 aliphatic rings. The van der Waals surface area contributed by atoms with Gasteiger partial charge >= 0.3 is 0 Å². The van der Waals surface area contributed by atoms with Gasteiger partial charge in [0, 0.05) is 11.6 Å². The molecule has 2 N–H and O–H groups in total. The second-order valence-corrected chi connectivity index (χ2v) is 4.43. The summed E-state index contributed by atoms with van der Waals surface area (Å²) in [6.07, 6.45) is 0. The number of rotatable bonds is 3. The number of ether oxygens (including phenoxy) is 1. The highest BCUT2D eigenvalue weighted by atomic mass is 19.1. The Balaban J connectivity index is 2.46. The minimum atomic E-state index is -0.642. The molecule has 2 rings (SSSR count). The van der Waals surface area contributed by atoms with Gasteiger partial charge in [-0.15, -0.1) is 0 Å². The number of hydrogen-bond acceptors (Lipinski definition) is 2. The van der Waals surface area contributed by atoms with E-state index in [9.17, 15) is 8.78 Å². The highest BCUT2D eigenvalue weighted by molar-refractivity contribution is 5.43. The Morgan fingerprint density at radius 2 is 1.68 bits per heavy atom. The van der Waals surface area contributed by atoms with Crippen LogP contribution in [0.3, 0.4) is 0 Å². The van der Waals surface area contributed by atoms with Crippen molar-refractivity contribution in [2.24, 2.45) is 5.73 Å². The van der Waals surface area contributed by atoms with Gasteiger partial charge in [0.2, 0.25) is 0 Å². The molecule has 0 aliphatic carbocycles. The fraction of sp³-hybridized carbons (Fsp3) is 0.200. The van der Waals surface area contributed by atoms with Crippen molar-refractivity contribution >= 4 is 0 Å². The van der Waals surface area contributed by atoms with Gasteiger partial charge < -0.3 is 10.5 Å². The van der Waals surface area contributed by atoms with E-state index in [4.69, 9.17) is 10.5 Å². The molecule has 4 heteroatoms. The van der Waals surface area contributed by atoms with Gasteiger partial charge in [0.05, 0.1) is 13.2 Å². The van der Waals surface area contributed by atoms with Crippen LogP contribution in [0.5, 0.6) is 5.75 Å². The molecule has 0 aliphatic heterocycles. The lowest BCUT2D eigenvalue weighted by atomic mass is 9.97. The first-order chi connectivity index (χ1) is 9.01. The lowest BCUT2D eigenvalue weighted by Crippen LogP contribution is -2.13. The Morgan fingerprint density at radius 3 is 2.26 bits per heavy atom. The molecule has 1 unspecified atom stereocenters. The maximum absolute atomic E-state index is 13.2. The third-order valence-corrected chi connectivity index (χ3v) is 2.97. The predicted molar refractivity (Wildman–Crippen MR) is 70.1 cm³/mol. The molecule has 0 spiro atoms. The van der Waals surface area contributed by atoms with Crippen molar-refractivity contribution in [2.75, 3.05) is 7.11 Å². The second-order valence-electron chi connectivity index (χ2n) is 4.43. The van der Waals surface area contributed by atoms with Gasteiger partial charge in [0.15, 0.2) is 0 Å². The summed E-state index contributed by atoms with van der Waals surface area (Å²) in [7, 11) is 1.54. The van der Waals surface area contributed by atoms with E-state index < -0.39 is 17.7 Å². The molecule has 19 heavy (non-hydrogen) atoms. The summed E-state index contributed by atoms with van der Waals surface area (Å²) >= 11 is 0. The average molecular weight is 263 g/mol. The van der Waals surface area contributed by atoms with Crippen LogP contribution in [0.1, 0.15) is 22.7 Å². The molecule has 0 fully saturated rings. The summed E-state index contributed by atoms with van der Waals surface area (Å²) < 4.78 is 31.7. The number of benzene rings is 2. The average Bonchev–Trinajstić information content (AvgIpc) is 2.36. The van der Waals surface area contributed by atoms with Gasteiger partial charge in [-0.25, -0.2) is 8.78 Å². The summed E-state index contributed by atoms with van der Waals surface area (Å²) in [6, 6.07) is 8.17. The van der Waals surface area contributed by atoms with E-state index in [0.29, 0.717) is 16.9 Å². The minimum Gasteiger partial charge on any atom is -0.496 e. The molecule has 0 amide bonds. The van der Waals surface area contributed by atoms with E-state index in [-0.39, 0.29) is 0 Å². The lowest BCUT2D eigenvalue weighted by Gasteiger charge is -2.17. The Hall–Kier alpha value is -1.94. The molecule has 0 saturated carbocycles. The SMILES string of the molecule is COc1cc(C)ccc1C(N)c1cc(F)cc(F)c1. The predicted octanol–water partition coefficient (Wildman–Crippen LogP) is 3.33. The van der Waals surface area contributed by atoms with Crippen molar-refractivity contribution < 1.29 is 13.5 Å². The zero-order valence-corrected chi connectivity index (χ0v) is 10.8. The summed E-state index contributed by atoms with van der Waals surface area (Å²) in [5.74, 6) is -0.676. The highest BCUT2D eigenvalue weighted by Crippen LogP contribution is 2.29. The molecule has 0 saturated heterocycles. The van der Waals surface area contributed by atoms with Crippen LogP contribution in [0.15, 0.2) is 36.4 Å². The van der Waals surface area contributed by atoms with Crippen LogP contribution in [-0.4, -0.2) is 7.11 Å². The summed E-state index contributed by atoms with van der Waals surface area (Å²) in [4.78, 5) is 0. The number of halogens is 2. The van der Waals surface area contributed by atoms with Gasteiger partial charge in [0.1, 0.15) is 17.4 Å². The van der Waals surface area contributed by atoms with Gasteiger partial charge in [-0.2, -0.15) is 0 Å². The number of aryl methyl sites for hydroxylation is 1. The van der Waals surface area contributed by atoms with Crippen LogP contribution in [0.25, 0.3) is 0 Å². The molecule has 2 aromatic carbocycles. The van der Waals surface area contributed by atoms with Gasteiger partial charge in [-0.1, -0.05) is 12.1 Å². The number of nitrogens with two attached hydrogens (primary N) is 1. The van der Waals surface area contributed by atoms with Crippen molar-refractivity contribution in [3.63, 3.8) is 0 Å². The first-order valence-corrected chi connectivity index (χ1v) is 5.87. The zero-order valence-electron chi connectivity index (χ0n) is 10.8. The van der Waals surface area contributed by atoms with Crippen molar-refractivity contribution in [3.8, 4) is 5.75 Å². The molecule has 1 atom stereocenters. The Kier molecular flexibility index (Phi) is 3.81. The Labute approximate surface area is 110 Å². The standard InChI is InChI=1S/C15H15F2NO/c1-9-3-4-13(14(5-9)19-2)15(18)10-6-11(16)8-12(17)7-10/h3-8,15H,18H2,1-2H3. The summed E-state index contributed by atoms with van der Waals surface area (Å²) in [6.45, 7) is 1.93. The summed E-state index contributed by atoms with van der Waals surface area (Å²) in [5.41, 5.74) is 8.16. The highest BCUT2D eigenvalue weighted by Gasteiger charge is 2.15. The Bertz CT molecular complexity index is 578. The Morgan fingerprint density at radius 1 is 1.05 bits per heavy atom. The van der Waals surface area contributed by atoms with Crippen LogP contribution in [0.4, 0.5) is 8.78 Å². The fourth-order valence-electron chi connectivity index (χ4n) is 2.01. The molecular weight excluding hydrogens is 248 g/mol. The smallest absolute Gasteiger partial charge is 0.126 e. The van der Waals surface area contributed by atoms with Crippen LogP contribution < -0.4 is 10.5 Å². The molecule has 2 nitrogen and oxygen atoms in total. The van der Waals surface area contributed by atoms with E-state index in [1.807, 2.05) is 25.1 Å². The normalized spacial score (nSPS) is 12.3. The van der Waals surface area contributed by atoms with E-state index in [2.05, 4.69) is 0 Å². The van der Waals surface area contributed by atoms with Crippen LogP contribution in [0, 0.1) is 18.6 Å². The van der Waals surface area contributed by atoms with E-state index >= 15 is 0 Å². The van der Waals surface area contributed by atoms with Crippen molar-refractivity contribution in [2.45, 2.75) is 13.0 Å². The van der Waals surface area contributed by atoms with Crippen molar-refractivity contribution in [1.82, 2.24) is 0 Å². The van der Waals surface area contributed by atoms with Gasteiger partial charge in [0.25, 0.3) is 0 Å². The topological polar surface area (TPSA) is 35.2 Å². The van der Waals surface area contributed by atoms with Gasteiger partial charge in [-0.05, 0) is 36.2 Å². The third kappa shape index (κ3) is 2.90. The molecular formula is C15H15F2NO. The van der Waals surface area contributed by atoms with Crippen molar-refractivity contribution in [3.05, 3.63) is 64.7 Å². The number of methoxy groups -OCH3 is 1. The molecule has 2 aromatic rings. The molecule has 0 bridgehead atoms. The lowest BCUT2D eigenvalue weighted by molar-refractivity contribution is 0.407. The first kappa shape index (κ1) is 13.5. The van der Waals surface area contributed by atoms with Crippen LogP contribution in [-0.2, 0) is 0 Å². The zero-order chi connectivity index (χ0) is 14.0. The molecule has 0 radical (unpaired) electrons. The minimum absolute atomic E-state index is 0.375. The molecule has 0 heterocycles. The van der Waals surface area contributed by atoms with Gasteiger partial charge in [-0.3, -0.25) is 0 Å². The van der Waals surface area contributed by atoms with Crippen LogP contribution in [0.2, 0.25) is 0 Å². The monoisotopic (exact) mass is 263 g/mol. The largest absolute Gasteiger partial charge is 0.496 e. The van der Waals surface area contributed by atoms with E-state index in [1.165, 1.54) is 19.2 Å². The third-order valence-electron chi connectivity index (χ3n) is 2.97. The number of hydrogen-bond donors (Lipinski definition) is 1. The molecule has 100 valence electrons. The summed E-state index contributed by atoms with van der Waals surface area (Å²) in [5, 5.41) is 0. The quantitative estimate of drug-likeness (QED) is 0.921.